The molecule has 0 radical (unpaired) electrons. The first-order chi connectivity index (χ1) is 12.3. The molecule has 2 rings (SSSR count). The van der Waals surface area contributed by atoms with Gasteiger partial charge in [-0.15, -0.1) is 0 Å². The Kier molecular flexibility index (Phi) is 8.38. The molecule has 0 fully saturated rings. The summed E-state index contributed by atoms with van der Waals surface area (Å²) in [5.74, 6) is 1.73. The number of guanidine groups is 1. The third-order valence-corrected chi connectivity index (χ3v) is 3.76. The molecule has 0 spiro atoms. The van der Waals surface area contributed by atoms with E-state index in [0.29, 0.717) is 6.54 Å². The molecule has 2 N–H and O–H groups in total. The van der Waals surface area contributed by atoms with Crippen LogP contribution in [0.15, 0.2) is 47.7 Å². The number of aliphatic imine (C=N–C) groups is 1. The van der Waals surface area contributed by atoms with E-state index in [9.17, 15) is 0 Å². The van der Waals surface area contributed by atoms with E-state index >= 15 is 0 Å². The molecule has 0 unspecified atom stereocenters. The van der Waals surface area contributed by atoms with E-state index in [1.54, 1.807) is 13.2 Å². The molecular weight excluding hydrogens is 314 g/mol. The number of unbranched alkanes of at least 4 members (excludes halogenated alkanes) is 1. The van der Waals surface area contributed by atoms with Crippen molar-refractivity contribution in [3.63, 3.8) is 0 Å². The highest BCUT2D eigenvalue weighted by Gasteiger charge is 2.00. The Morgan fingerprint density at radius 1 is 1.24 bits per heavy atom. The van der Waals surface area contributed by atoms with Gasteiger partial charge in [0.15, 0.2) is 5.96 Å². The van der Waals surface area contributed by atoms with Crippen LogP contribution < -0.4 is 15.4 Å². The van der Waals surface area contributed by atoms with Gasteiger partial charge in [0.05, 0.1) is 6.61 Å². The Morgan fingerprint density at radius 2 is 2.16 bits per heavy atom. The van der Waals surface area contributed by atoms with Crippen LogP contribution >= 0.6 is 0 Å². The van der Waals surface area contributed by atoms with Gasteiger partial charge in [0, 0.05) is 39.1 Å². The molecule has 6 nitrogen and oxygen atoms in total. The monoisotopic (exact) mass is 343 g/mol. The van der Waals surface area contributed by atoms with Crippen molar-refractivity contribution in [2.24, 2.45) is 4.99 Å². The summed E-state index contributed by atoms with van der Waals surface area (Å²) in [5, 5.41) is 10.9. The molecule has 0 atom stereocenters. The standard InChI is InChI=1S/C19H29N5O/c1-3-4-14-25-18-9-5-8-17(15-18)16-22-19(20-2)21-10-6-12-24-13-7-11-23-24/h5,7-9,11,13,15H,3-4,6,10,12,14,16H2,1-2H3,(H2,20,21,22). The van der Waals surface area contributed by atoms with Gasteiger partial charge in [-0.3, -0.25) is 9.67 Å². The lowest BCUT2D eigenvalue weighted by atomic mass is 10.2. The molecule has 1 heterocycles. The first-order valence-electron chi connectivity index (χ1n) is 8.95. The van der Waals surface area contributed by atoms with E-state index in [-0.39, 0.29) is 0 Å². The van der Waals surface area contributed by atoms with Gasteiger partial charge in [-0.1, -0.05) is 25.5 Å². The van der Waals surface area contributed by atoms with Crippen LogP contribution in [0.1, 0.15) is 31.7 Å². The summed E-state index contributed by atoms with van der Waals surface area (Å²) in [6.07, 6.45) is 6.99. The predicted octanol–water partition coefficient (Wildman–Crippen LogP) is 2.82. The Morgan fingerprint density at radius 3 is 2.92 bits per heavy atom. The number of nitrogens with zero attached hydrogens (tertiary/aromatic N) is 3. The number of aromatic nitrogens is 2. The van der Waals surface area contributed by atoms with Gasteiger partial charge >= 0.3 is 0 Å². The molecule has 0 aliphatic carbocycles. The van der Waals surface area contributed by atoms with Gasteiger partial charge in [-0.2, -0.15) is 5.10 Å². The smallest absolute Gasteiger partial charge is 0.191 e. The molecule has 0 amide bonds. The Balaban J connectivity index is 1.69. The first kappa shape index (κ1) is 18.8. The number of benzene rings is 1. The quantitative estimate of drug-likeness (QED) is 0.396. The van der Waals surface area contributed by atoms with E-state index in [1.807, 2.05) is 29.1 Å². The molecular formula is C19H29N5O. The number of aryl methyl sites for hydroxylation is 1. The second kappa shape index (κ2) is 11.1. The van der Waals surface area contributed by atoms with Crippen LogP contribution in [-0.4, -0.2) is 35.9 Å². The normalized spacial score (nSPS) is 11.4. The second-order valence-corrected chi connectivity index (χ2v) is 5.82. The van der Waals surface area contributed by atoms with Crippen molar-refractivity contribution in [2.45, 2.75) is 39.3 Å². The molecule has 0 aliphatic heterocycles. The molecule has 0 saturated heterocycles. The zero-order chi connectivity index (χ0) is 17.7. The average Bonchev–Trinajstić information content (AvgIpc) is 3.15. The summed E-state index contributed by atoms with van der Waals surface area (Å²) in [5.41, 5.74) is 1.17. The maximum Gasteiger partial charge on any atom is 0.191 e. The molecule has 0 bridgehead atoms. The van der Waals surface area contributed by atoms with Crippen LogP contribution in [0.5, 0.6) is 5.75 Å². The minimum atomic E-state index is 0.712. The van der Waals surface area contributed by atoms with Crippen LogP contribution in [0.2, 0.25) is 0 Å². The molecule has 0 saturated carbocycles. The largest absolute Gasteiger partial charge is 0.494 e. The van der Waals surface area contributed by atoms with Gasteiger partial charge in [0.2, 0.25) is 0 Å². The third-order valence-electron chi connectivity index (χ3n) is 3.76. The minimum absolute atomic E-state index is 0.712. The highest BCUT2D eigenvalue weighted by atomic mass is 16.5. The summed E-state index contributed by atoms with van der Waals surface area (Å²) >= 11 is 0. The molecule has 136 valence electrons. The van der Waals surface area contributed by atoms with Crippen LogP contribution in [0.25, 0.3) is 0 Å². The summed E-state index contributed by atoms with van der Waals surface area (Å²) in [6.45, 7) is 5.39. The molecule has 1 aromatic carbocycles. The van der Waals surface area contributed by atoms with Gasteiger partial charge in [-0.25, -0.2) is 0 Å². The lowest BCUT2D eigenvalue weighted by Crippen LogP contribution is -2.37. The van der Waals surface area contributed by atoms with Gasteiger partial charge in [0.25, 0.3) is 0 Å². The second-order valence-electron chi connectivity index (χ2n) is 5.82. The molecule has 6 heteroatoms. The van der Waals surface area contributed by atoms with Crippen LogP contribution in [-0.2, 0) is 13.1 Å². The van der Waals surface area contributed by atoms with Crippen molar-refractivity contribution < 1.29 is 4.74 Å². The number of hydrogen-bond donors (Lipinski definition) is 2. The fourth-order valence-corrected chi connectivity index (χ4v) is 2.37. The number of rotatable bonds is 10. The molecule has 1 aromatic heterocycles. The Bertz CT molecular complexity index is 625. The zero-order valence-corrected chi connectivity index (χ0v) is 15.2. The number of ether oxygens (including phenoxy) is 1. The highest BCUT2D eigenvalue weighted by molar-refractivity contribution is 5.79. The zero-order valence-electron chi connectivity index (χ0n) is 15.2. The Labute approximate surface area is 150 Å². The SMILES string of the molecule is CCCCOc1cccc(CNC(=NC)NCCCn2cccn2)c1. The van der Waals surface area contributed by atoms with Crippen molar-refractivity contribution in [2.75, 3.05) is 20.2 Å². The lowest BCUT2D eigenvalue weighted by Gasteiger charge is -2.13. The van der Waals surface area contributed by atoms with Crippen molar-refractivity contribution in [3.05, 3.63) is 48.3 Å². The predicted molar refractivity (Wildman–Crippen MR) is 102 cm³/mol. The summed E-state index contributed by atoms with van der Waals surface area (Å²) in [4.78, 5) is 4.26. The maximum absolute atomic E-state index is 5.75. The van der Waals surface area contributed by atoms with E-state index in [1.165, 1.54) is 5.56 Å². The number of nitrogens with one attached hydrogen (secondary N) is 2. The van der Waals surface area contributed by atoms with Gasteiger partial charge in [-0.05, 0) is 36.6 Å². The van der Waals surface area contributed by atoms with Gasteiger partial charge < -0.3 is 15.4 Å². The van der Waals surface area contributed by atoms with E-state index in [0.717, 1.165) is 50.7 Å². The first-order valence-corrected chi connectivity index (χ1v) is 8.95. The summed E-state index contributed by atoms with van der Waals surface area (Å²) in [7, 11) is 1.78. The van der Waals surface area contributed by atoms with Crippen LogP contribution in [0.3, 0.4) is 0 Å². The van der Waals surface area contributed by atoms with Crippen LogP contribution in [0.4, 0.5) is 0 Å². The summed E-state index contributed by atoms with van der Waals surface area (Å²) in [6, 6.07) is 10.1. The van der Waals surface area contributed by atoms with E-state index in [2.05, 4.69) is 39.8 Å². The topological polar surface area (TPSA) is 63.5 Å². The van der Waals surface area contributed by atoms with Crippen molar-refractivity contribution in [3.8, 4) is 5.75 Å². The maximum atomic E-state index is 5.75. The van der Waals surface area contributed by atoms with E-state index < -0.39 is 0 Å². The molecule has 25 heavy (non-hydrogen) atoms. The Hall–Kier alpha value is -2.50. The molecule has 2 aromatic rings. The van der Waals surface area contributed by atoms with E-state index in [4.69, 9.17) is 4.74 Å². The lowest BCUT2D eigenvalue weighted by molar-refractivity contribution is 0.309. The van der Waals surface area contributed by atoms with Crippen molar-refractivity contribution in [1.29, 1.82) is 0 Å². The van der Waals surface area contributed by atoms with Crippen molar-refractivity contribution >= 4 is 5.96 Å². The fraction of sp³-hybridized carbons (Fsp3) is 0.474. The summed E-state index contributed by atoms with van der Waals surface area (Å²) < 4.78 is 7.69. The minimum Gasteiger partial charge on any atom is -0.494 e. The van der Waals surface area contributed by atoms with Crippen LogP contribution in [0, 0.1) is 0 Å². The molecule has 0 aliphatic rings. The van der Waals surface area contributed by atoms with Crippen molar-refractivity contribution in [1.82, 2.24) is 20.4 Å². The average molecular weight is 343 g/mol. The fourth-order valence-electron chi connectivity index (χ4n) is 2.37. The van der Waals surface area contributed by atoms with Gasteiger partial charge in [0.1, 0.15) is 5.75 Å². The highest BCUT2D eigenvalue weighted by Crippen LogP contribution is 2.13. The number of hydrogen-bond acceptors (Lipinski definition) is 3. The third kappa shape index (κ3) is 7.28.